The third kappa shape index (κ3) is 3.52. The van der Waals surface area contributed by atoms with Gasteiger partial charge in [0.05, 0.1) is 0 Å². The second-order valence-corrected chi connectivity index (χ2v) is 6.12. The first-order chi connectivity index (χ1) is 8.93. The summed E-state index contributed by atoms with van der Waals surface area (Å²) < 4.78 is 27.3. The van der Waals surface area contributed by atoms with Crippen LogP contribution in [-0.2, 0) is 10.0 Å². The Bertz CT molecular complexity index is 546. The highest BCUT2D eigenvalue weighted by atomic mass is 32.2. The molecule has 0 saturated carbocycles. The van der Waals surface area contributed by atoms with Gasteiger partial charge < -0.3 is 0 Å². The highest BCUT2D eigenvalue weighted by Crippen LogP contribution is 2.22. The number of nitrogens with one attached hydrogen (secondary N) is 1. The fourth-order valence-electron chi connectivity index (χ4n) is 1.92. The molecule has 0 amide bonds. The van der Waals surface area contributed by atoms with Crippen LogP contribution in [0.3, 0.4) is 0 Å². The quantitative estimate of drug-likeness (QED) is 0.866. The van der Waals surface area contributed by atoms with Gasteiger partial charge in [0.25, 0.3) is 0 Å². The molecular weight excluding hydrogens is 262 g/mol. The Morgan fingerprint density at radius 2 is 1.84 bits per heavy atom. The Morgan fingerprint density at radius 3 is 2.21 bits per heavy atom. The normalized spacial score (nSPS) is 12.1. The molecule has 0 aromatic carbocycles. The van der Waals surface area contributed by atoms with E-state index in [-0.39, 0.29) is 10.6 Å². The molecule has 0 atom stereocenters. The van der Waals surface area contributed by atoms with E-state index in [4.69, 9.17) is 5.26 Å². The zero-order chi connectivity index (χ0) is 14.5. The molecule has 0 saturated heterocycles. The highest BCUT2D eigenvalue weighted by molar-refractivity contribution is 7.89. The van der Waals surface area contributed by atoms with Crippen molar-refractivity contribution in [3.63, 3.8) is 0 Å². The van der Waals surface area contributed by atoms with Crippen molar-refractivity contribution >= 4 is 10.0 Å². The van der Waals surface area contributed by atoms with Crippen LogP contribution in [-0.4, -0.2) is 18.9 Å². The minimum Gasteiger partial charge on any atom is -0.244 e. The Kier molecular flexibility index (Phi) is 5.04. The molecule has 104 valence electrons. The highest BCUT2D eigenvalue weighted by Gasteiger charge is 2.30. The van der Waals surface area contributed by atoms with Crippen LogP contribution >= 0.6 is 0 Å². The summed E-state index contributed by atoms with van der Waals surface area (Å²) in [6, 6.07) is 4.67. The molecule has 0 bridgehead atoms. The number of hydrogen-bond donors (Lipinski definition) is 1. The zero-order valence-electron chi connectivity index (χ0n) is 11.5. The van der Waals surface area contributed by atoms with Crippen molar-refractivity contribution in [2.75, 3.05) is 0 Å². The van der Waals surface area contributed by atoms with E-state index in [9.17, 15) is 8.42 Å². The minimum absolute atomic E-state index is 0.0891. The van der Waals surface area contributed by atoms with Crippen molar-refractivity contribution in [2.45, 2.75) is 50.5 Å². The number of aromatic nitrogens is 1. The zero-order valence-corrected chi connectivity index (χ0v) is 12.3. The molecule has 0 aliphatic carbocycles. The lowest BCUT2D eigenvalue weighted by atomic mass is 9.91. The van der Waals surface area contributed by atoms with Crippen LogP contribution in [0.4, 0.5) is 0 Å². The van der Waals surface area contributed by atoms with Crippen molar-refractivity contribution in [3.05, 3.63) is 24.0 Å². The summed E-state index contributed by atoms with van der Waals surface area (Å²) in [7, 11) is -3.60. The number of nitrogens with zero attached hydrogens (tertiary/aromatic N) is 2. The third-order valence-electron chi connectivity index (χ3n) is 3.54. The van der Waals surface area contributed by atoms with Gasteiger partial charge in [0.15, 0.2) is 0 Å². The summed E-state index contributed by atoms with van der Waals surface area (Å²) >= 11 is 0. The van der Waals surface area contributed by atoms with Crippen molar-refractivity contribution < 1.29 is 8.42 Å². The van der Waals surface area contributed by atoms with E-state index in [1.54, 1.807) is 0 Å². The Labute approximate surface area is 114 Å². The van der Waals surface area contributed by atoms with Crippen molar-refractivity contribution in [3.8, 4) is 6.07 Å². The van der Waals surface area contributed by atoms with Gasteiger partial charge in [-0.2, -0.15) is 5.26 Å². The molecule has 0 fully saturated rings. The lowest BCUT2D eigenvalue weighted by Gasteiger charge is -2.31. The van der Waals surface area contributed by atoms with Gasteiger partial charge >= 0.3 is 0 Å². The van der Waals surface area contributed by atoms with Gasteiger partial charge in [-0.3, -0.25) is 0 Å². The van der Waals surface area contributed by atoms with E-state index in [2.05, 4.69) is 9.71 Å². The molecule has 1 aromatic rings. The molecule has 0 unspecified atom stereocenters. The van der Waals surface area contributed by atoms with Gasteiger partial charge in [-0.1, -0.05) is 20.8 Å². The van der Waals surface area contributed by atoms with Gasteiger partial charge in [-0.05, 0) is 31.4 Å². The van der Waals surface area contributed by atoms with E-state index in [0.717, 1.165) is 19.3 Å². The van der Waals surface area contributed by atoms with E-state index in [1.807, 2.05) is 26.8 Å². The van der Waals surface area contributed by atoms with Crippen LogP contribution in [0.5, 0.6) is 0 Å². The number of nitriles is 1. The van der Waals surface area contributed by atoms with E-state index in [1.165, 1.54) is 18.3 Å². The maximum atomic E-state index is 12.3. The molecule has 1 N–H and O–H groups in total. The van der Waals surface area contributed by atoms with Gasteiger partial charge in [-0.15, -0.1) is 0 Å². The summed E-state index contributed by atoms with van der Waals surface area (Å²) in [5, 5.41) is 8.65. The number of pyridine rings is 1. The lowest BCUT2D eigenvalue weighted by Crippen LogP contribution is -2.46. The van der Waals surface area contributed by atoms with Gasteiger partial charge in [0.2, 0.25) is 10.0 Å². The van der Waals surface area contributed by atoms with E-state index >= 15 is 0 Å². The monoisotopic (exact) mass is 281 g/mol. The molecule has 5 nitrogen and oxygen atoms in total. The molecule has 1 heterocycles. The fraction of sp³-hybridized carbons (Fsp3) is 0.538. The molecule has 6 heteroatoms. The van der Waals surface area contributed by atoms with Crippen LogP contribution in [0, 0.1) is 11.3 Å². The average molecular weight is 281 g/mol. The Morgan fingerprint density at radius 1 is 1.26 bits per heavy atom. The first kappa shape index (κ1) is 15.6. The fourth-order valence-corrected chi connectivity index (χ4v) is 3.48. The largest absolute Gasteiger partial charge is 0.244 e. The predicted molar refractivity (Wildman–Crippen MR) is 72.9 cm³/mol. The van der Waals surface area contributed by atoms with E-state index < -0.39 is 15.6 Å². The van der Waals surface area contributed by atoms with Crippen molar-refractivity contribution in [1.29, 1.82) is 5.26 Å². The minimum atomic E-state index is -3.60. The maximum Gasteiger partial charge on any atom is 0.242 e. The number of hydrogen-bond acceptors (Lipinski definition) is 4. The Hall–Kier alpha value is -1.45. The molecular formula is C13H19N3O2S. The van der Waals surface area contributed by atoms with Gasteiger partial charge in [0.1, 0.15) is 16.7 Å². The van der Waals surface area contributed by atoms with Crippen LogP contribution < -0.4 is 4.72 Å². The number of rotatable bonds is 6. The lowest BCUT2D eigenvalue weighted by molar-refractivity contribution is 0.341. The first-order valence-electron chi connectivity index (χ1n) is 6.33. The summed E-state index contributed by atoms with van der Waals surface area (Å²) in [5.41, 5.74) is -0.223. The topological polar surface area (TPSA) is 82.9 Å². The number of sulfonamides is 1. The summed E-state index contributed by atoms with van der Waals surface area (Å²) in [4.78, 5) is 3.88. The molecule has 1 rings (SSSR count). The standard InChI is InChI=1S/C13H19N3O2S/c1-4-13(5-2,6-3)16-19(17,18)12-8-7-11(9-14)15-10-12/h7-8,10,16H,4-6H2,1-3H3. The van der Waals surface area contributed by atoms with Crippen molar-refractivity contribution in [2.24, 2.45) is 0 Å². The predicted octanol–water partition coefficient (Wildman–Crippen LogP) is 2.20. The molecule has 0 aliphatic heterocycles. The SMILES string of the molecule is CCC(CC)(CC)NS(=O)(=O)c1ccc(C#N)nc1. The van der Waals surface area contributed by atoms with Crippen LogP contribution in [0.2, 0.25) is 0 Å². The summed E-state index contributed by atoms with van der Waals surface area (Å²) in [6.07, 6.45) is 3.39. The second kappa shape index (κ2) is 6.13. The molecule has 0 aliphatic rings. The molecule has 0 spiro atoms. The van der Waals surface area contributed by atoms with Crippen LogP contribution in [0.25, 0.3) is 0 Å². The van der Waals surface area contributed by atoms with Gasteiger partial charge in [-0.25, -0.2) is 18.1 Å². The summed E-state index contributed by atoms with van der Waals surface area (Å²) in [5.74, 6) is 0. The molecule has 19 heavy (non-hydrogen) atoms. The maximum absolute atomic E-state index is 12.3. The average Bonchev–Trinajstić information content (AvgIpc) is 2.45. The summed E-state index contributed by atoms with van der Waals surface area (Å²) in [6.45, 7) is 5.89. The first-order valence-corrected chi connectivity index (χ1v) is 7.81. The second-order valence-electron chi connectivity index (χ2n) is 4.44. The molecule has 0 radical (unpaired) electrons. The van der Waals surface area contributed by atoms with Crippen LogP contribution in [0.15, 0.2) is 23.2 Å². The van der Waals surface area contributed by atoms with Crippen molar-refractivity contribution in [1.82, 2.24) is 9.71 Å². The molecule has 1 aromatic heterocycles. The van der Waals surface area contributed by atoms with Crippen LogP contribution in [0.1, 0.15) is 45.7 Å². The van der Waals surface area contributed by atoms with Gasteiger partial charge in [0, 0.05) is 11.7 Å². The third-order valence-corrected chi connectivity index (χ3v) is 5.11. The smallest absolute Gasteiger partial charge is 0.242 e. The van der Waals surface area contributed by atoms with E-state index in [0.29, 0.717) is 0 Å². The Balaban J connectivity index is 3.07.